The molecular weight excluding hydrogens is 532 g/mol. The zero-order valence-electron chi connectivity index (χ0n) is 25.7. The van der Waals surface area contributed by atoms with Crippen molar-refractivity contribution >= 4 is 59.8 Å². The van der Waals surface area contributed by atoms with Crippen LogP contribution < -0.4 is 0 Å². The molecule has 1 aromatic heterocycles. The highest BCUT2D eigenvalue weighted by atomic mass is 16.3. The van der Waals surface area contributed by atoms with Crippen LogP contribution in [-0.4, -0.2) is 0 Å². The van der Waals surface area contributed by atoms with E-state index in [0.717, 1.165) is 33.1 Å². The molecule has 212 valence electrons. The van der Waals surface area contributed by atoms with Crippen LogP contribution in [0, 0.1) is 0 Å². The standard InChI is InChI=1S/C43H34O/c1-26(2)28-16-19-34-37(23-28)42(31-17-21-40-36(24-31)33-12-8-9-13-39(33)44-40)35-20-18-32(43(3,4)5)25-38(35)41(34)30-15-14-27-10-6-7-11-29(27)22-30/h6-25H,1H2,2-5H3. The molecule has 1 nitrogen and oxygen atoms in total. The first-order valence-corrected chi connectivity index (χ1v) is 15.4. The molecule has 0 unspecified atom stereocenters. The van der Waals surface area contributed by atoms with Gasteiger partial charge in [0.25, 0.3) is 0 Å². The van der Waals surface area contributed by atoms with E-state index in [0.29, 0.717) is 0 Å². The number of hydrogen-bond donors (Lipinski definition) is 0. The maximum atomic E-state index is 6.22. The molecule has 8 rings (SSSR count). The molecule has 0 fully saturated rings. The SMILES string of the molecule is C=C(C)c1ccc2c(-c3ccc4ccccc4c3)c3cc(C(C)(C)C)ccc3c(-c3ccc4oc5ccccc5c4c3)c2c1. The Kier molecular flexibility index (Phi) is 5.83. The van der Waals surface area contributed by atoms with E-state index < -0.39 is 0 Å². The average Bonchev–Trinajstić information content (AvgIpc) is 3.40. The highest BCUT2D eigenvalue weighted by Gasteiger charge is 2.21. The molecule has 1 heterocycles. The molecule has 0 bridgehead atoms. The topological polar surface area (TPSA) is 13.1 Å². The lowest BCUT2D eigenvalue weighted by molar-refractivity contribution is 0.591. The smallest absolute Gasteiger partial charge is 0.135 e. The second kappa shape index (κ2) is 9.69. The zero-order chi connectivity index (χ0) is 30.2. The van der Waals surface area contributed by atoms with Crippen molar-refractivity contribution in [2.24, 2.45) is 0 Å². The van der Waals surface area contributed by atoms with E-state index in [2.05, 4.69) is 143 Å². The Morgan fingerprint density at radius 2 is 1.16 bits per heavy atom. The Balaban J connectivity index is 1.54. The Labute approximate surface area is 258 Å². The molecule has 0 N–H and O–H groups in total. The van der Waals surface area contributed by atoms with Crippen LogP contribution in [0.5, 0.6) is 0 Å². The molecule has 0 aliphatic rings. The molecule has 0 aliphatic heterocycles. The van der Waals surface area contributed by atoms with Gasteiger partial charge in [0.2, 0.25) is 0 Å². The minimum absolute atomic E-state index is 0.0163. The van der Waals surface area contributed by atoms with Crippen LogP contribution in [0.1, 0.15) is 38.8 Å². The summed E-state index contributed by atoms with van der Waals surface area (Å²) in [5, 5.41) is 9.78. The van der Waals surface area contributed by atoms with Gasteiger partial charge in [-0.15, -0.1) is 0 Å². The largest absolute Gasteiger partial charge is 0.456 e. The Hall–Kier alpha value is -5.14. The third-order valence-electron chi connectivity index (χ3n) is 9.18. The first-order chi connectivity index (χ1) is 21.3. The molecular formula is C43H34O. The van der Waals surface area contributed by atoms with Crippen molar-refractivity contribution in [3.8, 4) is 22.3 Å². The third-order valence-corrected chi connectivity index (χ3v) is 9.18. The quantitative estimate of drug-likeness (QED) is 0.194. The molecule has 0 radical (unpaired) electrons. The summed E-state index contributed by atoms with van der Waals surface area (Å²) in [7, 11) is 0. The Bertz CT molecular complexity index is 2450. The van der Waals surface area contributed by atoms with Crippen LogP contribution in [0.15, 0.2) is 132 Å². The summed E-state index contributed by atoms with van der Waals surface area (Å²) in [6.45, 7) is 13.3. The monoisotopic (exact) mass is 566 g/mol. The highest BCUT2D eigenvalue weighted by molar-refractivity contribution is 6.23. The van der Waals surface area contributed by atoms with Crippen LogP contribution in [-0.2, 0) is 5.41 Å². The normalized spacial score (nSPS) is 12.2. The van der Waals surface area contributed by atoms with Gasteiger partial charge in [-0.25, -0.2) is 0 Å². The van der Waals surface area contributed by atoms with Crippen LogP contribution in [0.3, 0.4) is 0 Å². The van der Waals surface area contributed by atoms with E-state index in [1.54, 1.807) is 0 Å². The molecule has 0 atom stereocenters. The van der Waals surface area contributed by atoms with Crippen LogP contribution in [0.25, 0.3) is 82.1 Å². The molecule has 8 aromatic rings. The van der Waals surface area contributed by atoms with Crippen molar-refractivity contribution in [3.05, 3.63) is 139 Å². The van der Waals surface area contributed by atoms with E-state index in [9.17, 15) is 0 Å². The van der Waals surface area contributed by atoms with Gasteiger partial charge in [-0.3, -0.25) is 0 Å². The summed E-state index contributed by atoms with van der Waals surface area (Å²) in [6.07, 6.45) is 0. The van der Waals surface area contributed by atoms with Gasteiger partial charge in [0, 0.05) is 10.8 Å². The maximum Gasteiger partial charge on any atom is 0.135 e. The number of allylic oxidation sites excluding steroid dienone is 1. The van der Waals surface area contributed by atoms with Gasteiger partial charge in [-0.1, -0.05) is 118 Å². The van der Waals surface area contributed by atoms with Crippen molar-refractivity contribution in [1.82, 2.24) is 0 Å². The number of para-hydroxylation sites is 1. The zero-order valence-corrected chi connectivity index (χ0v) is 25.7. The van der Waals surface area contributed by atoms with Crippen molar-refractivity contribution < 1.29 is 4.42 Å². The number of hydrogen-bond acceptors (Lipinski definition) is 1. The van der Waals surface area contributed by atoms with Crippen molar-refractivity contribution in [2.45, 2.75) is 33.1 Å². The predicted molar refractivity (Wildman–Crippen MR) is 191 cm³/mol. The first kappa shape index (κ1) is 26.5. The summed E-state index contributed by atoms with van der Waals surface area (Å²) >= 11 is 0. The summed E-state index contributed by atoms with van der Waals surface area (Å²) in [6, 6.07) is 44.5. The lowest BCUT2D eigenvalue weighted by Crippen LogP contribution is -2.10. The predicted octanol–water partition coefficient (Wildman–Crippen LogP) is 12.7. The summed E-state index contributed by atoms with van der Waals surface area (Å²) in [4.78, 5) is 0. The highest BCUT2D eigenvalue weighted by Crippen LogP contribution is 2.46. The number of fused-ring (bicyclic) bond motifs is 6. The minimum Gasteiger partial charge on any atom is -0.456 e. The van der Waals surface area contributed by atoms with E-state index in [-0.39, 0.29) is 5.41 Å². The maximum absolute atomic E-state index is 6.22. The molecule has 1 heteroatoms. The Morgan fingerprint density at radius 1 is 0.523 bits per heavy atom. The third kappa shape index (κ3) is 4.15. The molecule has 0 saturated carbocycles. The van der Waals surface area contributed by atoms with Crippen molar-refractivity contribution in [1.29, 1.82) is 0 Å². The van der Waals surface area contributed by atoms with Crippen molar-refractivity contribution in [2.75, 3.05) is 0 Å². The van der Waals surface area contributed by atoms with E-state index in [1.165, 1.54) is 60.1 Å². The lowest BCUT2D eigenvalue weighted by Gasteiger charge is -2.23. The van der Waals surface area contributed by atoms with Gasteiger partial charge in [0.05, 0.1) is 0 Å². The van der Waals surface area contributed by atoms with Gasteiger partial charge in [-0.2, -0.15) is 0 Å². The number of rotatable bonds is 3. The summed E-state index contributed by atoms with van der Waals surface area (Å²) in [5.74, 6) is 0. The van der Waals surface area contributed by atoms with Gasteiger partial charge in [0.15, 0.2) is 0 Å². The van der Waals surface area contributed by atoms with Gasteiger partial charge in [-0.05, 0) is 114 Å². The molecule has 7 aromatic carbocycles. The fraction of sp³-hybridized carbons (Fsp3) is 0.116. The Morgan fingerprint density at radius 3 is 1.93 bits per heavy atom. The average molecular weight is 567 g/mol. The fourth-order valence-corrected chi connectivity index (χ4v) is 6.81. The van der Waals surface area contributed by atoms with Gasteiger partial charge in [0.1, 0.15) is 11.2 Å². The molecule has 0 spiro atoms. The lowest BCUT2D eigenvalue weighted by atomic mass is 9.80. The molecule has 0 amide bonds. The van der Waals surface area contributed by atoms with E-state index in [1.807, 2.05) is 12.1 Å². The second-order valence-electron chi connectivity index (χ2n) is 13.2. The van der Waals surface area contributed by atoms with E-state index >= 15 is 0 Å². The second-order valence-corrected chi connectivity index (χ2v) is 13.2. The van der Waals surface area contributed by atoms with Crippen molar-refractivity contribution in [3.63, 3.8) is 0 Å². The summed E-state index contributed by atoms with van der Waals surface area (Å²) in [5.41, 5.74) is 10.3. The van der Waals surface area contributed by atoms with Crippen LogP contribution in [0.2, 0.25) is 0 Å². The molecule has 0 aliphatic carbocycles. The molecule has 44 heavy (non-hydrogen) atoms. The van der Waals surface area contributed by atoms with Gasteiger partial charge < -0.3 is 4.42 Å². The minimum atomic E-state index is 0.0163. The first-order valence-electron chi connectivity index (χ1n) is 15.4. The molecule has 0 saturated heterocycles. The number of furan rings is 1. The van der Waals surface area contributed by atoms with Crippen LogP contribution >= 0.6 is 0 Å². The van der Waals surface area contributed by atoms with E-state index in [4.69, 9.17) is 4.42 Å². The summed E-state index contributed by atoms with van der Waals surface area (Å²) < 4.78 is 6.22. The fourth-order valence-electron chi connectivity index (χ4n) is 6.81. The van der Waals surface area contributed by atoms with Gasteiger partial charge >= 0.3 is 0 Å². The number of benzene rings is 7. The van der Waals surface area contributed by atoms with Crippen LogP contribution in [0.4, 0.5) is 0 Å².